The lowest BCUT2D eigenvalue weighted by Crippen LogP contribution is -2.27. The Hall–Kier alpha value is -2.64. The molecule has 0 unspecified atom stereocenters. The fourth-order valence-electron chi connectivity index (χ4n) is 3.39. The van der Waals surface area contributed by atoms with E-state index < -0.39 is 0 Å². The molecule has 0 bridgehead atoms. The van der Waals surface area contributed by atoms with Crippen LogP contribution in [0.1, 0.15) is 36.3 Å². The second-order valence-electron chi connectivity index (χ2n) is 7.90. The van der Waals surface area contributed by atoms with Crippen LogP contribution in [0, 0.1) is 12.8 Å². The van der Waals surface area contributed by atoms with Gasteiger partial charge in [0.15, 0.2) is 0 Å². The zero-order valence-electron chi connectivity index (χ0n) is 18.9. The second-order valence-corrected chi connectivity index (χ2v) is 8.76. The smallest absolute Gasteiger partial charge is 0.253 e. The van der Waals surface area contributed by atoms with Crippen LogP contribution in [0.15, 0.2) is 35.7 Å². The molecule has 31 heavy (non-hydrogen) atoms. The molecule has 1 aromatic carbocycles. The first kappa shape index (κ1) is 23.0. The highest BCUT2D eigenvalue weighted by Crippen LogP contribution is 2.32. The van der Waals surface area contributed by atoms with E-state index in [1.165, 1.54) is 0 Å². The average Bonchev–Trinajstić information content (AvgIpc) is 3.38. The van der Waals surface area contributed by atoms with Gasteiger partial charge in [-0.15, -0.1) is 11.3 Å². The molecule has 0 fully saturated rings. The summed E-state index contributed by atoms with van der Waals surface area (Å²) < 4.78 is 12.7. The van der Waals surface area contributed by atoms with E-state index in [1.54, 1.807) is 25.6 Å². The minimum absolute atomic E-state index is 0.0384. The summed E-state index contributed by atoms with van der Waals surface area (Å²) in [5, 5.41) is 6.02. The molecule has 2 heterocycles. The quantitative estimate of drug-likeness (QED) is 0.449. The normalized spacial score (nSPS) is 11.2. The highest BCUT2D eigenvalue weighted by atomic mass is 32.1. The van der Waals surface area contributed by atoms with Crippen LogP contribution < -0.4 is 10.1 Å². The standard InChI is InChI=1S/C24H31N3O3S/c1-16(2)14-25-23(28)20-13-22(27(17(20)3)11-6-12-29-4)21-15-31-24(26-21)18-7-9-19(30-5)10-8-18/h7-10,13,15-16H,6,11-12,14H2,1-5H3,(H,25,28). The van der Waals surface area contributed by atoms with Crippen molar-refractivity contribution >= 4 is 17.2 Å². The van der Waals surface area contributed by atoms with E-state index in [0.29, 0.717) is 24.6 Å². The number of hydrogen-bond acceptors (Lipinski definition) is 5. The number of carbonyl (C=O) groups is 1. The van der Waals surface area contributed by atoms with Gasteiger partial charge in [-0.25, -0.2) is 4.98 Å². The van der Waals surface area contributed by atoms with Crippen molar-refractivity contribution in [2.24, 2.45) is 5.92 Å². The number of hydrogen-bond donors (Lipinski definition) is 1. The molecule has 0 spiro atoms. The third-order valence-corrected chi connectivity index (χ3v) is 6.01. The first-order chi connectivity index (χ1) is 14.9. The predicted molar refractivity (Wildman–Crippen MR) is 126 cm³/mol. The van der Waals surface area contributed by atoms with Gasteiger partial charge in [-0.3, -0.25) is 4.79 Å². The maximum atomic E-state index is 12.8. The third-order valence-electron chi connectivity index (χ3n) is 5.12. The Bertz CT molecular complexity index is 1010. The van der Waals surface area contributed by atoms with Crippen LogP contribution in [0.5, 0.6) is 5.75 Å². The number of ether oxygens (including phenoxy) is 2. The van der Waals surface area contributed by atoms with E-state index in [9.17, 15) is 4.79 Å². The SMILES string of the molecule is COCCCn1c(-c2csc(-c3ccc(OC)cc3)n2)cc(C(=O)NCC(C)C)c1C. The molecular weight excluding hydrogens is 410 g/mol. The summed E-state index contributed by atoms with van der Waals surface area (Å²) in [4.78, 5) is 17.7. The summed E-state index contributed by atoms with van der Waals surface area (Å²) in [6.45, 7) is 8.26. The largest absolute Gasteiger partial charge is 0.497 e. The van der Waals surface area contributed by atoms with Gasteiger partial charge in [-0.2, -0.15) is 0 Å². The molecule has 6 nitrogen and oxygen atoms in total. The van der Waals surface area contributed by atoms with Crippen LogP contribution in [0.4, 0.5) is 0 Å². The summed E-state index contributed by atoms with van der Waals surface area (Å²) in [5.41, 5.74) is 4.53. The lowest BCUT2D eigenvalue weighted by molar-refractivity contribution is 0.0948. The van der Waals surface area contributed by atoms with Gasteiger partial charge in [0, 0.05) is 43.4 Å². The first-order valence-electron chi connectivity index (χ1n) is 10.5. The van der Waals surface area contributed by atoms with Crippen LogP contribution in [0.3, 0.4) is 0 Å². The monoisotopic (exact) mass is 441 g/mol. The minimum Gasteiger partial charge on any atom is -0.497 e. The van der Waals surface area contributed by atoms with Crippen molar-refractivity contribution in [2.45, 2.75) is 33.7 Å². The molecule has 0 saturated carbocycles. The number of nitrogens with zero attached hydrogens (tertiary/aromatic N) is 2. The van der Waals surface area contributed by atoms with Gasteiger partial charge in [-0.1, -0.05) is 13.8 Å². The molecule has 0 radical (unpaired) electrons. The summed E-state index contributed by atoms with van der Waals surface area (Å²) >= 11 is 1.60. The third kappa shape index (κ3) is 5.54. The molecule has 7 heteroatoms. The Balaban J connectivity index is 1.93. The van der Waals surface area contributed by atoms with Crippen molar-refractivity contribution in [1.29, 1.82) is 0 Å². The Morgan fingerprint density at radius 3 is 2.61 bits per heavy atom. The second kappa shape index (κ2) is 10.6. The number of methoxy groups -OCH3 is 2. The molecule has 3 rings (SSSR count). The van der Waals surface area contributed by atoms with Gasteiger partial charge in [0.2, 0.25) is 0 Å². The van der Waals surface area contributed by atoms with E-state index >= 15 is 0 Å². The zero-order valence-corrected chi connectivity index (χ0v) is 19.7. The van der Waals surface area contributed by atoms with Crippen LogP contribution in [-0.4, -0.2) is 42.8 Å². The minimum atomic E-state index is -0.0384. The molecule has 0 aliphatic carbocycles. The summed E-state index contributed by atoms with van der Waals surface area (Å²) in [6.07, 6.45) is 0.863. The number of benzene rings is 1. The van der Waals surface area contributed by atoms with Crippen LogP contribution >= 0.6 is 11.3 Å². The van der Waals surface area contributed by atoms with Gasteiger partial charge in [0.25, 0.3) is 5.91 Å². The van der Waals surface area contributed by atoms with Crippen molar-refractivity contribution < 1.29 is 14.3 Å². The first-order valence-corrected chi connectivity index (χ1v) is 11.4. The van der Waals surface area contributed by atoms with Crippen molar-refractivity contribution in [3.8, 4) is 27.7 Å². The fraction of sp³-hybridized carbons (Fsp3) is 0.417. The van der Waals surface area contributed by atoms with Crippen molar-refractivity contribution in [3.63, 3.8) is 0 Å². The predicted octanol–water partition coefficient (Wildman–Crippen LogP) is 5.02. The zero-order chi connectivity index (χ0) is 22.4. The lowest BCUT2D eigenvalue weighted by Gasteiger charge is -2.11. The van der Waals surface area contributed by atoms with Crippen molar-refractivity contribution in [1.82, 2.24) is 14.9 Å². The molecule has 0 aliphatic rings. The van der Waals surface area contributed by atoms with E-state index in [1.807, 2.05) is 37.3 Å². The molecule has 1 N–H and O–H groups in total. The number of carbonyl (C=O) groups excluding carboxylic acids is 1. The Labute approximate surface area is 188 Å². The number of aromatic nitrogens is 2. The van der Waals surface area contributed by atoms with E-state index in [0.717, 1.165) is 46.4 Å². The molecule has 2 aromatic heterocycles. The number of nitrogens with one attached hydrogen (secondary N) is 1. The molecule has 1 amide bonds. The maximum absolute atomic E-state index is 12.8. The van der Waals surface area contributed by atoms with Crippen LogP contribution in [0.25, 0.3) is 22.0 Å². The summed E-state index contributed by atoms with van der Waals surface area (Å²) in [5.74, 6) is 1.18. The summed E-state index contributed by atoms with van der Waals surface area (Å²) in [7, 11) is 3.36. The summed E-state index contributed by atoms with van der Waals surface area (Å²) in [6, 6.07) is 9.85. The topological polar surface area (TPSA) is 65.4 Å². The van der Waals surface area contributed by atoms with Gasteiger partial charge in [0.1, 0.15) is 10.8 Å². The van der Waals surface area contributed by atoms with Gasteiger partial charge in [0.05, 0.1) is 24.1 Å². The Morgan fingerprint density at radius 1 is 1.23 bits per heavy atom. The maximum Gasteiger partial charge on any atom is 0.253 e. The van der Waals surface area contributed by atoms with Gasteiger partial charge in [-0.05, 0) is 49.6 Å². The molecule has 0 atom stereocenters. The average molecular weight is 442 g/mol. The molecular formula is C24H31N3O3S. The molecule has 0 aliphatic heterocycles. The highest BCUT2D eigenvalue weighted by molar-refractivity contribution is 7.13. The Morgan fingerprint density at radius 2 is 1.97 bits per heavy atom. The highest BCUT2D eigenvalue weighted by Gasteiger charge is 2.20. The fourth-order valence-corrected chi connectivity index (χ4v) is 4.21. The van der Waals surface area contributed by atoms with Gasteiger partial charge >= 0.3 is 0 Å². The van der Waals surface area contributed by atoms with Crippen molar-refractivity contribution in [2.75, 3.05) is 27.4 Å². The van der Waals surface area contributed by atoms with Crippen LogP contribution in [-0.2, 0) is 11.3 Å². The molecule has 0 saturated heterocycles. The molecule has 166 valence electrons. The Kier molecular flexibility index (Phi) is 7.87. The van der Waals surface area contributed by atoms with E-state index in [-0.39, 0.29) is 5.91 Å². The molecule has 3 aromatic rings. The van der Waals surface area contributed by atoms with Crippen LogP contribution in [0.2, 0.25) is 0 Å². The van der Waals surface area contributed by atoms with E-state index in [4.69, 9.17) is 14.5 Å². The van der Waals surface area contributed by atoms with E-state index in [2.05, 4.69) is 29.1 Å². The van der Waals surface area contributed by atoms with Gasteiger partial charge < -0.3 is 19.4 Å². The number of amides is 1. The number of thiazole rings is 1. The number of rotatable bonds is 10. The van der Waals surface area contributed by atoms with Crippen molar-refractivity contribution in [3.05, 3.63) is 47.0 Å². The lowest BCUT2D eigenvalue weighted by atomic mass is 10.2.